The van der Waals surface area contributed by atoms with E-state index in [4.69, 9.17) is 10.8 Å². The highest BCUT2D eigenvalue weighted by atomic mass is 16.3. The van der Waals surface area contributed by atoms with Crippen molar-refractivity contribution in [2.45, 2.75) is 6.42 Å². The van der Waals surface area contributed by atoms with E-state index in [1.807, 2.05) is 0 Å². The lowest BCUT2D eigenvalue weighted by atomic mass is 10.2. The summed E-state index contributed by atoms with van der Waals surface area (Å²) in [6.07, 6.45) is 0.609. The third-order valence-corrected chi connectivity index (χ3v) is 1.32. The van der Waals surface area contributed by atoms with E-state index >= 15 is 0 Å². The van der Waals surface area contributed by atoms with E-state index in [1.54, 1.807) is 0 Å². The first-order valence-corrected chi connectivity index (χ1v) is 3.34. The summed E-state index contributed by atoms with van der Waals surface area (Å²) in [5.41, 5.74) is 5.73. The molecule has 0 aliphatic rings. The van der Waals surface area contributed by atoms with Crippen LogP contribution in [0.25, 0.3) is 0 Å². The molecule has 0 bridgehead atoms. The molecular weight excluding hydrogens is 144 g/mol. The van der Waals surface area contributed by atoms with Crippen LogP contribution >= 0.6 is 0 Å². The van der Waals surface area contributed by atoms with Crippen LogP contribution in [-0.4, -0.2) is 16.6 Å². The van der Waals surface area contributed by atoms with E-state index in [9.17, 15) is 4.79 Å². The number of H-pyrrole nitrogens is 1. The Kier molecular flexibility index (Phi) is 2.28. The monoisotopic (exact) mass is 154 g/mol. The fourth-order valence-corrected chi connectivity index (χ4v) is 0.895. The molecular formula is C7H10N2O2. The van der Waals surface area contributed by atoms with Gasteiger partial charge in [0, 0.05) is 12.1 Å². The number of hydrogen-bond donors (Lipinski definition) is 3. The molecule has 4 heteroatoms. The van der Waals surface area contributed by atoms with Crippen molar-refractivity contribution < 1.29 is 5.11 Å². The van der Waals surface area contributed by atoms with E-state index in [0.717, 1.165) is 5.56 Å². The summed E-state index contributed by atoms with van der Waals surface area (Å²) in [4.78, 5) is 13.0. The largest absolute Gasteiger partial charge is 0.495 e. The van der Waals surface area contributed by atoms with Gasteiger partial charge in [-0.05, 0) is 18.5 Å². The van der Waals surface area contributed by atoms with E-state index in [0.29, 0.717) is 13.0 Å². The number of aromatic amines is 1. The number of pyridine rings is 1. The van der Waals surface area contributed by atoms with Gasteiger partial charge in [-0.1, -0.05) is 0 Å². The molecule has 0 amide bonds. The Morgan fingerprint density at radius 2 is 2.27 bits per heavy atom. The number of nitrogens with one attached hydrogen (secondary N) is 1. The van der Waals surface area contributed by atoms with Gasteiger partial charge < -0.3 is 10.8 Å². The van der Waals surface area contributed by atoms with Crippen LogP contribution in [0.15, 0.2) is 16.9 Å². The van der Waals surface area contributed by atoms with Crippen LogP contribution in [-0.2, 0) is 6.42 Å². The van der Waals surface area contributed by atoms with Crippen molar-refractivity contribution in [2.75, 3.05) is 6.54 Å². The second-order valence-corrected chi connectivity index (χ2v) is 2.28. The average Bonchev–Trinajstić information content (AvgIpc) is 1.85. The predicted molar refractivity (Wildman–Crippen MR) is 41.5 cm³/mol. The molecule has 1 aromatic rings. The normalized spacial score (nSPS) is 9.91. The van der Waals surface area contributed by atoms with Crippen molar-refractivity contribution in [2.24, 2.45) is 5.73 Å². The van der Waals surface area contributed by atoms with Gasteiger partial charge in [0.25, 0.3) is 5.56 Å². The van der Waals surface area contributed by atoms with Crippen LogP contribution in [0.2, 0.25) is 0 Å². The van der Waals surface area contributed by atoms with Crippen molar-refractivity contribution in [1.82, 2.24) is 4.98 Å². The zero-order chi connectivity index (χ0) is 8.27. The van der Waals surface area contributed by atoms with Gasteiger partial charge in [0.2, 0.25) is 0 Å². The Labute approximate surface area is 63.7 Å². The Hall–Kier alpha value is -1.29. The van der Waals surface area contributed by atoms with Crippen LogP contribution in [0.3, 0.4) is 0 Å². The molecule has 1 aromatic heterocycles. The summed E-state index contributed by atoms with van der Waals surface area (Å²) >= 11 is 0. The van der Waals surface area contributed by atoms with Crippen molar-refractivity contribution in [3.05, 3.63) is 28.0 Å². The van der Waals surface area contributed by atoms with E-state index in [2.05, 4.69) is 4.98 Å². The smallest absolute Gasteiger partial charge is 0.250 e. The molecule has 0 unspecified atom stereocenters. The van der Waals surface area contributed by atoms with Crippen molar-refractivity contribution in [3.8, 4) is 5.88 Å². The number of aromatic nitrogens is 1. The lowest BCUT2D eigenvalue weighted by molar-refractivity contribution is 0.451. The van der Waals surface area contributed by atoms with Crippen LogP contribution in [0.5, 0.6) is 5.88 Å². The fraction of sp³-hybridized carbons (Fsp3) is 0.286. The van der Waals surface area contributed by atoms with Crippen LogP contribution in [0, 0.1) is 0 Å². The minimum absolute atomic E-state index is 0.110. The minimum atomic E-state index is -0.298. The van der Waals surface area contributed by atoms with Gasteiger partial charge in [-0.15, -0.1) is 0 Å². The van der Waals surface area contributed by atoms with Gasteiger partial charge in [0.1, 0.15) is 0 Å². The molecule has 0 aliphatic carbocycles. The molecule has 0 radical (unpaired) electrons. The average molecular weight is 154 g/mol. The van der Waals surface area contributed by atoms with Crippen molar-refractivity contribution in [1.29, 1.82) is 0 Å². The summed E-state index contributed by atoms with van der Waals surface area (Å²) in [5.74, 6) is -0.110. The number of rotatable bonds is 2. The maximum absolute atomic E-state index is 10.7. The topological polar surface area (TPSA) is 79.1 Å². The quantitative estimate of drug-likeness (QED) is 0.541. The van der Waals surface area contributed by atoms with Gasteiger partial charge in [-0.3, -0.25) is 9.78 Å². The lowest BCUT2D eigenvalue weighted by Crippen LogP contribution is -2.08. The highest BCUT2D eigenvalue weighted by Gasteiger charge is 1.95. The van der Waals surface area contributed by atoms with Crippen LogP contribution in [0.4, 0.5) is 0 Å². The van der Waals surface area contributed by atoms with E-state index in [1.165, 1.54) is 12.1 Å². The lowest BCUT2D eigenvalue weighted by Gasteiger charge is -1.97. The van der Waals surface area contributed by atoms with Crippen molar-refractivity contribution in [3.63, 3.8) is 0 Å². The predicted octanol–water partition coefficient (Wildman–Crippen LogP) is -0.418. The Balaban J connectivity index is 2.99. The molecule has 0 aromatic carbocycles. The maximum Gasteiger partial charge on any atom is 0.250 e. The first-order valence-electron chi connectivity index (χ1n) is 3.34. The number of aromatic hydroxyl groups is 1. The number of nitrogens with two attached hydrogens (primary N) is 1. The number of hydrogen-bond acceptors (Lipinski definition) is 3. The van der Waals surface area contributed by atoms with Crippen LogP contribution in [0.1, 0.15) is 5.56 Å². The first kappa shape index (κ1) is 7.81. The molecule has 11 heavy (non-hydrogen) atoms. The van der Waals surface area contributed by atoms with Gasteiger partial charge in [0.05, 0.1) is 0 Å². The highest BCUT2D eigenvalue weighted by molar-refractivity contribution is 5.19. The molecule has 0 saturated carbocycles. The summed E-state index contributed by atoms with van der Waals surface area (Å²) in [7, 11) is 0. The maximum atomic E-state index is 10.7. The molecule has 0 spiro atoms. The molecule has 0 atom stereocenters. The Bertz CT molecular complexity index is 293. The second kappa shape index (κ2) is 3.21. The Morgan fingerprint density at radius 1 is 1.55 bits per heavy atom. The third-order valence-electron chi connectivity index (χ3n) is 1.32. The molecule has 0 saturated heterocycles. The van der Waals surface area contributed by atoms with E-state index in [-0.39, 0.29) is 11.4 Å². The Morgan fingerprint density at radius 3 is 2.82 bits per heavy atom. The van der Waals surface area contributed by atoms with Crippen LogP contribution < -0.4 is 11.3 Å². The zero-order valence-corrected chi connectivity index (χ0v) is 6.00. The zero-order valence-electron chi connectivity index (χ0n) is 6.00. The SMILES string of the molecule is NCCc1cc(O)[nH]c(=O)c1. The first-order chi connectivity index (χ1) is 5.22. The highest BCUT2D eigenvalue weighted by Crippen LogP contribution is 2.03. The van der Waals surface area contributed by atoms with Gasteiger partial charge in [-0.25, -0.2) is 0 Å². The molecule has 0 aliphatic heterocycles. The molecule has 1 rings (SSSR count). The molecule has 60 valence electrons. The standard InChI is InChI=1S/C7H10N2O2/c8-2-1-5-3-6(10)9-7(11)4-5/h3-4H,1-2,8H2,(H2,9,10,11). The molecule has 4 nitrogen and oxygen atoms in total. The molecule has 0 fully saturated rings. The minimum Gasteiger partial charge on any atom is -0.495 e. The second-order valence-electron chi connectivity index (χ2n) is 2.28. The summed E-state index contributed by atoms with van der Waals surface area (Å²) in [5, 5.41) is 8.92. The summed E-state index contributed by atoms with van der Waals surface area (Å²) in [6.45, 7) is 0.475. The van der Waals surface area contributed by atoms with Gasteiger partial charge in [0.15, 0.2) is 5.88 Å². The summed E-state index contributed by atoms with van der Waals surface area (Å²) < 4.78 is 0. The van der Waals surface area contributed by atoms with Gasteiger partial charge in [-0.2, -0.15) is 0 Å². The fourth-order valence-electron chi connectivity index (χ4n) is 0.895. The van der Waals surface area contributed by atoms with Crippen molar-refractivity contribution >= 4 is 0 Å². The molecule has 4 N–H and O–H groups in total. The summed E-state index contributed by atoms with van der Waals surface area (Å²) in [6, 6.07) is 2.92. The third kappa shape index (κ3) is 2.09. The van der Waals surface area contributed by atoms with E-state index < -0.39 is 0 Å². The van der Waals surface area contributed by atoms with Gasteiger partial charge >= 0.3 is 0 Å². The molecule has 1 heterocycles.